The van der Waals surface area contributed by atoms with Crippen molar-refractivity contribution in [3.63, 3.8) is 0 Å². The van der Waals surface area contributed by atoms with Gasteiger partial charge in [0.2, 0.25) is 11.2 Å². The van der Waals surface area contributed by atoms with Crippen LogP contribution in [0, 0.1) is 17.0 Å². The topological polar surface area (TPSA) is 82.6 Å². The Morgan fingerprint density at radius 3 is 2.26 bits per heavy atom. The van der Waals surface area contributed by atoms with Gasteiger partial charge >= 0.3 is 0 Å². The number of nitro benzene ring substituents is 1. The molecule has 0 radical (unpaired) electrons. The summed E-state index contributed by atoms with van der Waals surface area (Å²) in [6.45, 7) is 8.27. The third-order valence-corrected chi connectivity index (χ3v) is 6.08. The summed E-state index contributed by atoms with van der Waals surface area (Å²) >= 11 is 6.27. The highest BCUT2D eigenvalue weighted by Crippen LogP contribution is 2.34. The van der Waals surface area contributed by atoms with E-state index in [0.717, 1.165) is 11.1 Å². The molecular formula is C27H24ClNO5. The lowest BCUT2D eigenvalue weighted by molar-refractivity contribution is -0.384. The van der Waals surface area contributed by atoms with Gasteiger partial charge in [-0.15, -0.1) is 0 Å². The van der Waals surface area contributed by atoms with Crippen LogP contribution in [0.15, 0.2) is 69.9 Å². The maximum Gasteiger partial charge on any atom is 0.269 e. The van der Waals surface area contributed by atoms with Gasteiger partial charge in [-0.25, -0.2) is 0 Å². The molecule has 0 spiro atoms. The Morgan fingerprint density at radius 1 is 1.03 bits per heavy atom. The largest absolute Gasteiger partial charge is 0.481 e. The zero-order valence-corrected chi connectivity index (χ0v) is 20.1. The van der Waals surface area contributed by atoms with Crippen LogP contribution in [0.1, 0.15) is 37.5 Å². The Balaban J connectivity index is 1.81. The fourth-order valence-corrected chi connectivity index (χ4v) is 3.77. The predicted molar refractivity (Wildman–Crippen MR) is 134 cm³/mol. The summed E-state index contributed by atoms with van der Waals surface area (Å²) in [5.41, 5.74) is 3.38. The minimum atomic E-state index is -0.465. The van der Waals surface area contributed by atoms with E-state index in [0.29, 0.717) is 32.9 Å². The van der Waals surface area contributed by atoms with E-state index in [2.05, 4.69) is 20.8 Å². The van der Waals surface area contributed by atoms with E-state index in [1.807, 2.05) is 31.2 Å². The molecule has 3 aromatic carbocycles. The molecule has 1 heterocycles. The molecule has 4 aromatic rings. The van der Waals surface area contributed by atoms with Crippen LogP contribution in [0.5, 0.6) is 5.75 Å². The number of nitro groups is 1. The average molecular weight is 478 g/mol. The van der Waals surface area contributed by atoms with Crippen LogP contribution in [0.3, 0.4) is 0 Å². The summed E-state index contributed by atoms with van der Waals surface area (Å²) in [4.78, 5) is 23.9. The van der Waals surface area contributed by atoms with Crippen molar-refractivity contribution in [2.45, 2.75) is 39.7 Å². The number of rotatable bonds is 5. The quantitative estimate of drug-likeness (QED) is 0.224. The first-order valence-corrected chi connectivity index (χ1v) is 11.2. The molecule has 6 nitrogen and oxygen atoms in total. The first kappa shape index (κ1) is 23.5. The molecule has 0 aliphatic heterocycles. The highest BCUT2D eigenvalue weighted by atomic mass is 35.5. The lowest BCUT2D eigenvalue weighted by Crippen LogP contribution is -2.12. The number of fused-ring (bicyclic) bond motifs is 1. The first-order valence-electron chi connectivity index (χ1n) is 10.8. The SMILES string of the molecule is Cc1cc2oc(-c3ccc(C(C)(C)C)cc3)c(OCc3ccc([N+](=O)[O-])cc3)c(=O)c2cc1Cl. The molecule has 0 saturated carbocycles. The molecule has 0 aliphatic carbocycles. The van der Waals surface area contributed by atoms with Gasteiger partial charge in [-0.05, 0) is 53.3 Å². The summed E-state index contributed by atoms with van der Waals surface area (Å²) in [6, 6.07) is 17.2. The van der Waals surface area contributed by atoms with Crippen LogP contribution in [-0.2, 0) is 12.0 Å². The van der Waals surface area contributed by atoms with Gasteiger partial charge in [0.05, 0.1) is 10.3 Å². The molecule has 0 atom stereocenters. The van der Waals surface area contributed by atoms with E-state index < -0.39 is 4.92 Å². The maximum atomic E-state index is 13.4. The van der Waals surface area contributed by atoms with E-state index in [9.17, 15) is 14.9 Å². The smallest absolute Gasteiger partial charge is 0.269 e. The van der Waals surface area contributed by atoms with Gasteiger partial charge in [0.15, 0.2) is 5.76 Å². The zero-order valence-electron chi connectivity index (χ0n) is 19.3. The summed E-state index contributed by atoms with van der Waals surface area (Å²) < 4.78 is 12.2. The Hall–Kier alpha value is -3.64. The lowest BCUT2D eigenvalue weighted by atomic mass is 9.86. The molecule has 0 bridgehead atoms. The molecule has 1 aromatic heterocycles. The second-order valence-electron chi connectivity index (χ2n) is 9.23. The van der Waals surface area contributed by atoms with Crippen LogP contribution in [0.25, 0.3) is 22.3 Å². The standard InChI is InChI=1S/C27H24ClNO5/c1-16-13-23-21(14-22(16)28)24(30)26(33-15-17-5-11-20(12-6-17)29(31)32)25(34-23)18-7-9-19(10-8-18)27(2,3)4/h5-14H,15H2,1-4H3. The van der Waals surface area contributed by atoms with Gasteiger partial charge in [0.25, 0.3) is 5.69 Å². The third-order valence-electron chi connectivity index (χ3n) is 5.67. The number of hydrogen-bond donors (Lipinski definition) is 0. The Morgan fingerprint density at radius 2 is 1.68 bits per heavy atom. The third kappa shape index (κ3) is 4.68. The van der Waals surface area contributed by atoms with Crippen molar-refractivity contribution in [3.05, 3.63) is 103 Å². The molecule has 0 amide bonds. The number of hydrogen-bond acceptors (Lipinski definition) is 5. The van der Waals surface area contributed by atoms with Crippen molar-refractivity contribution in [2.24, 2.45) is 0 Å². The van der Waals surface area contributed by atoms with Gasteiger partial charge in [-0.1, -0.05) is 56.6 Å². The van der Waals surface area contributed by atoms with Crippen LogP contribution in [-0.4, -0.2) is 4.92 Å². The molecule has 0 N–H and O–H groups in total. The first-order chi connectivity index (χ1) is 16.0. The van der Waals surface area contributed by atoms with Gasteiger partial charge < -0.3 is 9.15 Å². The van der Waals surface area contributed by atoms with E-state index in [-0.39, 0.29) is 28.9 Å². The molecule has 34 heavy (non-hydrogen) atoms. The minimum Gasteiger partial charge on any atom is -0.481 e. The van der Waals surface area contributed by atoms with Crippen LogP contribution >= 0.6 is 11.6 Å². The summed E-state index contributed by atoms with van der Waals surface area (Å²) in [6.07, 6.45) is 0. The number of nitrogens with zero attached hydrogens (tertiary/aromatic N) is 1. The van der Waals surface area contributed by atoms with Gasteiger partial charge in [-0.2, -0.15) is 0 Å². The minimum absolute atomic E-state index is 0.0152. The lowest BCUT2D eigenvalue weighted by Gasteiger charge is -2.19. The number of non-ortho nitro benzene ring substituents is 1. The van der Waals surface area contributed by atoms with Crippen molar-refractivity contribution in [3.8, 4) is 17.1 Å². The van der Waals surface area contributed by atoms with Gasteiger partial charge in [-0.3, -0.25) is 14.9 Å². The van der Waals surface area contributed by atoms with Gasteiger partial charge in [0, 0.05) is 22.7 Å². The molecular weight excluding hydrogens is 454 g/mol. The monoisotopic (exact) mass is 477 g/mol. The molecule has 0 saturated heterocycles. The molecule has 4 rings (SSSR count). The Kier molecular flexibility index (Phi) is 6.19. The summed E-state index contributed by atoms with van der Waals surface area (Å²) in [7, 11) is 0. The normalized spacial score (nSPS) is 11.6. The zero-order chi connectivity index (χ0) is 24.6. The Bertz CT molecular complexity index is 1430. The molecule has 0 fully saturated rings. The molecule has 0 aliphatic rings. The fraction of sp³-hybridized carbons (Fsp3) is 0.222. The van der Waals surface area contributed by atoms with Crippen LogP contribution in [0.4, 0.5) is 5.69 Å². The highest BCUT2D eigenvalue weighted by Gasteiger charge is 2.20. The van der Waals surface area contributed by atoms with Crippen molar-refractivity contribution in [1.82, 2.24) is 0 Å². The van der Waals surface area contributed by atoms with Crippen molar-refractivity contribution < 1.29 is 14.1 Å². The van der Waals surface area contributed by atoms with E-state index in [4.69, 9.17) is 20.8 Å². The fourth-order valence-electron chi connectivity index (χ4n) is 3.61. The molecule has 174 valence electrons. The summed E-state index contributed by atoms with van der Waals surface area (Å²) in [5, 5.41) is 11.7. The van der Waals surface area contributed by atoms with Crippen LogP contribution in [0.2, 0.25) is 5.02 Å². The van der Waals surface area contributed by atoms with Crippen molar-refractivity contribution in [1.29, 1.82) is 0 Å². The van der Waals surface area contributed by atoms with Crippen molar-refractivity contribution in [2.75, 3.05) is 0 Å². The second-order valence-corrected chi connectivity index (χ2v) is 9.63. The van der Waals surface area contributed by atoms with E-state index >= 15 is 0 Å². The molecule has 7 heteroatoms. The maximum absolute atomic E-state index is 13.4. The number of benzene rings is 3. The Labute approximate surface area is 201 Å². The molecule has 0 unspecified atom stereocenters. The average Bonchev–Trinajstić information content (AvgIpc) is 2.79. The number of aryl methyl sites for hydroxylation is 1. The summed E-state index contributed by atoms with van der Waals surface area (Å²) in [5.74, 6) is 0.385. The second kappa shape index (κ2) is 8.95. The number of halogens is 1. The van der Waals surface area contributed by atoms with Crippen molar-refractivity contribution >= 4 is 28.3 Å². The highest BCUT2D eigenvalue weighted by molar-refractivity contribution is 6.32. The van der Waals surface area contributed by atoms with Gasteiger partial charge in [0.1, 0.15) is 12.2 Å². The predicted octanol–water partition coefficient (Wildman–Crippen LogP) is 7.21. The van der Waals surface area contributed by atoms with E-state index in [1.54, 1.807) is 24.3 Å². The van der Waals surface area contributed by atoms with Crippen LogP contribution < -0.4 is 10.2 Å². The van der Waals surface area contributed by atoms with E-state index in [1.165, 1.54) is 12.1 Å². The number of ether oxygens (including phenoxy) is 1.